The fourth-order valence-corrected chi connectivity index (χ4v) is 8.61. The van der Waals surface area contributed by atoms with Crippen LogP contribution in [0.5, 0.6) is 0 Å². The van der Waals surface area contributed by atoms with Crippen LogP contribution in [0.1, 0.15) is 0 Å². The molecule has 9 aromatic carbocycles. The molecule has 0 aliphatic rings. The molecule has 0 unspecified atom stereocenters. The van der Waals surface area contributed by atoms with Crippen molar-refractivity contribution in [3.63, 3.8) is 0 Å². The SMILES string of the molecule is c1ccc(-c2ccc3c(c2)c2ccccc2n3-c2ccc3c(c2)oc2cccc(-c4nc(-c5ccc6ccccc6c5)nc(-c5ccc6ccccc6c5)n4)c23)cc1. The molecule has 0 atom stereocenters. The van der Waals surface area contributed by atoms with Crippen LogP contribution in [0.25, 0.3) is 116 Å². The highest BCUT2D eigenvalue weighted by Crippen LogP contribution is 2.40. The van der Waals surface area contributed by atoms with Gasteiger partial charge in [0.25, 0.3) is 0 Å². The highest BCUT2D eigenvalue weighted by atomic mass is 16.3. The van der Waals surface area contributed by atoms with Crippen molar-refractivity contribution < 1.29 is 4.42 Å². The summed E-state index contributed by atoms with van der Waals surface area (Å²) in [4.78, 5) is 15.5. The fraction of sp³-hybridized carbons (Fsp3) is 0. The lowest BCUT2D eigenvalue weighted by Crippen LogP contribution is -2.00. The minimum Gasteiger partial charge on any atom is -0.456 e. The average molecular weight is 741 g/mol. The van der Waals surface area contributed by atoms with Gasteiger partial charge in [0.2, 0.25) is 0 Å². The smallest absolute Gasteiger partial charge is 0.164 e. The molecule has 5 heteroatoms. The lowest BCUT2D eigenvalue weighted by Gasteiger charge is -2.10. The Morgan fingerprint density at radius 3 is 1.71 bits per heavy atom. The summed E-state index contributed by atoms with van der Waals surface area (Å²) in [7, 11) is 0. The Hall–Kier alpha value is -7.89. The van der Waals surface area contributed by atoms with E-state index in [0.29, 0.717) is 17.5 Å². The quantitative estimate of drug-likeness (QED) is 0.176. The van der Waals surface area contributed by atoms with E-state index < -0.39 is 0 Å². The second-order valence-electron chi connectivity index (χ2n) is 14.8. The third-order valence-corrected chi connectivity index (χ3v) is 11.4. The van der Waals surface area contributed by atoms with Crippen molar-refractivity contribution in [2.45, 2.75) is 0 Å². The van der Waals surface area contributed by atoms with E-state index >= 15 is 0 Å². The number of para-hydroxylation sites is 1. The summed E-state index contributed by atoms with van der Waals surface area (Å²) in [5.41, 5.74) is 10.0. The van der Waals surface area contributed by atoms with Crippen LogP contribution in [0, 0.1) is 0 Å². The van der Waals surface area contributed by atoms with Crippen molar-refractivity contribution in [2.75, 3.05) is 0 Å². The molecule has 0 N–H and O–H groups in total. The molecule has 0 amide bonds. The largest absolute Gasteiger partial charge is 0.456 e. The van der Waals surface area contributed by atoms with Crippen LogP contribution in [0.2, 0.25) is 0 Å². The van der Waals surface area contributed by atoms with Crippen molar-refractivity contribution in [3.8, 4) is 51.0 Å². The lowest BCUT2D eigenvalue weighted by molar-refractivity contribution is 0.668. The van der Waals surface area contributed by atoms with Gasteiger partial charge in [0.05, 0.1) is 11.0 Å². The first-order valence-electron chi connectivity index (χ1n) is 19.5. The Morgan fingerprint density at radius 1 is 0.345 bits per heavy atom. The van der Waals surface area contributed by atoms with E-state index in [1.165, 1.54) is 32.7 Å². The van der Waals surface area contributed by atoms with Gasteiger partial charge in [-0.3, -0.25) is 0 Å². The monoisotopic (exact) mass is 740 g/mol. The van der Waals surface area contributed by atoms with Gasteiger partial charge in [-0.2, -0.15) is 0 Å². The van der Waals surface area contributed by atoms with Crippen LogP contribution in [0.3, 0.4) is 0 Å². The zero-order chi connectivity index (χ0) is 38.2. The number of nitrogens with zero attached hydrogens (tertiary/aromatic N) is 4. The van der Waals surface area contributed by atoms with Crippen molar-refractivity contribution in [1.82, 2.24) is 19.5 Å². The second kappa shape index (κ2) is 12.8. The van der Waals surface area contributed by atoms with Gasteiger partial charge in [-0.1, -0.05) is 140 Å². The molecular weight excluding hydrogens is 709 g/mol. The van der Waals surface area contributed by atoms with Crippen LogP contribution in [0.4, 0.5) is 0 Å². The number of hydrogen-bond donors (Lipinski definition) is 0. The van der Waals surface area contributed by atoms with E-state index in [4.69, 9.17) is 19.4 Å². The maximum Gasteiger partial charge on any atom is 0.164 e. The number of hydrogen-bond acceptors (Lipinski definition) is 4. The first-order valence-corrected chi connectivity index (χ1v) is 19.5. The molecule has 0 saturated heterocycles. The molecule has 3 aromatic heterocycles. The molecule has 270 valence electrons. The van der Waals surface area contributed by atoms with E-state index in [9.17, 15) is 0 Å². The number of benzene rings is 9. The maximum absolute atomic E-state index is 6.70. The van der Waals surface area contributed by atoms with E-state index in [0.717, 1.165) is 66.1 Å². The number of furan rings is 1. The van der Waals surface area contributed by atoms with Gasteiger partial charge in [-0.05, 0) is 81.2 Å². The summed E-state index contributed by atoms with van der Waals surface area (Å²) in [5, 5.41) is 9.00. The molecule has 0 bridgehead atoms. The highest BCUT2D eigenvalue weighted by Gasteiger charge is 2.20. The minimum atomic E-state index is 0.593. The van der Waals surface area contributed by atoms with Gasteiger partial charge in [0.15, 0.2) is 17.5 Å². The number of aromatic nitrogens is 4. The summed E-state index contributed by atoms with van der Waals surface area (Å²) in [6.07, 6.45) is 0. The maximum atomic E-state index is 6.70. The van der Waals surface area contributed by atoms with Gasteiger partial charge >= 0.3 is 0 Å². The van der Waals surface area contributed by atoms with E-state index in [2.05, 4.69) is 187 Å². The van der Waals surface area contributed by atoms with Crippen LogP contribution >= 0.6 is 0 Å². The van der Waals surface area contributed by atoms with Crippen molar-refractivity contribution >= 4 is 65.3 Å². The molecule has 0 fully saturated rings. The standard InChI is InChI=1S/C53H32N4O/c1-2-11-33(12-3-1)38-25-28-47-45(31-38)42-17-8-9-19-46(42)57(47)41-26-27-43-49(32-41)58-48-20-10-18-44(50(43)48)53-55-51(39-23-21-34-13-4-6-15-36(34)29-39)54-52(56-53)40-24-22-35-14-5-7-16-37(35)30-40/h1-32H. The Bertz CT molecular complexity index is 3480. The third-order valence-electron chi connectivity index (χ3n) is 11.4. The van der Waals surface area contributed by atoms with Crippen molar-refractivity contribution in [2.24, 2.45) is 0 Å². The van der Waals surface area contributed by atoms with Crippen LogP contribution in [-0.4, -0.2) is 19.5 Å². The Morgan fingerprint density at radius 2 is 0.966 bits per heavy atom. The predicted octanol–water partition coefficient (Wildman–Crippen LogP) is 13.8. The van der Waals surface area contributed by atoms with Gasteiger partial charge in [-0.25, -0.2) is 15.0 Å². The van der Waals surface area contributed by atoms with Crippen LogP contribution in [0.15, 0.2) is 199 Å². The average Bonchev–Trinajstić information content (AvgIpc) is 3.84. The van der Waals surface area contributed by atoms with Gasteiger partial charge < -0.3 is 8.98 Å². The molecule has 0 spiro atoms. The first-order chi connectivity index (χ1) is 28.7. The molecule has 12 rings (SSSR count). The summed E-state index contributed by atoms with van der Waals surface area (Å²) in [6.45, 7) is 0. The van der Waals surface area contributed by atoms with Crippen molar-refractivity contribution in [3.05, 3.63) is 194 Å². The molecule has 0 saturated carbocycles. The lowest BCUT2D eigenvalue weighted by atomic mass is 10.0. The topological polar surface area (TPSA) is 56.7 Å². The highest BCUT2D eigenvalue weighted by molar-refractivity contribution is 6.13. The van der Waals surface area contributed by atoms with Gasteiger partial charge in [-0.15, -0.1) is 0 Å². The normalized spacial score (nSPS) is 11.8. The molecule has 58 heavy (non-hydrogen) atoms. The van der Waals surface area contributed by atoms with Crippen LogP contribution in [-0.2, 0) is 0 Å². The Balaban J connectivity index is 1.04. The van der Waals surface area contributed by atoms with E-state index in [1.807, 2.05) is 12.1 Å². The summed E-state index contributed by atoms with van der Waals surface area (Å²) in [5.74, 6) is 1.83. The summed E-state index contributed by atoms with van der Waals surface area (Å²) in [6, 6.07) is 68.1. The molecule has 12 aromatic rings. The predicted molar refractivity (Wildman–Crippen MR) is 238 cm³/mol. The molecule has 5 nitrogen and oxygen atoms in total. The van der Waals surface area contributed by atoms with E-state index in [1.54, 1.807) is 0 Å². The van der Waals surface area contributed by atoms with Crippen LogP contribution < -0.4 is 0 Å². The molecule has 0 aliphatic carbocycles. The Labute approximate surface area is 333 Å². The number of rotatable bonds is 5. The zero-order valence-electron chi connectivity index (χ0n) is 31.2. The Kier molecular flexibility index (Phi) is 7.16. The zero-order valence-corrected chi connectivity index (χ0v) is 31.2. The molecular formula is C53H32N4O. The van der Waals surface area contributed by atoms with Crippen molar-refractivity contribution in [1.29, 1.82) is 0 Å². The minimum absolute atomic E-state index is 0.593. The third kappa shape index (κ3) is 5.21. The summed E-state index contributed by atoms with van der Waals surface area (Å²) >= 11 is 0. The molecule has 0 radical (unpaired) electrons. The molecule has 0 aliphatic heterocycles. The van der Waals surface area contributed by atoms with E-state index in [-0.39, 0.29) is 0 Å². The second-order valence-corrected chi connectivity index (χ2v) is 14.8. The molecule has 3 heterocycles. The summed E-state index contributed by atoms with van der Waals surface area (Å²) < 4.78 is 9.03. The van der Waals surface area contributed by atoms with Gasteiger partial charge in [0, 0.05) is 50.0 Å². The van der Waals surface area contributed by atoms with Gasteiger partial charge in [0.1, 0.15) is 11.2 Å². The fourth-order valence-electron chi connectivity index (χ4n) is 8.61. The number of fused-ring (bicyclic) bond motifs is 8. The first kappa shape index (κ1) is 32.4.